The molecule has 16 heavy (non-hydrogen) atoms. The summed E-state index contributed by atoms with van der Waals surface area (Å²) in [7, 11) is -1.84. The summed E-state index contributed by atoms with van der Waals surface area (Å²) in [4.78, 5) is 0.221. The fourth-order valence-electron chi connectivity index (χ4n) is 1.15. The fourth-order valence-corrected chi connectivity index (χ4v) is 2.23. The van der Waals surface area contributed by atoms with E-state index in [0.29, 0.717) is 25.3 Å². The lowest BCUT2D eigenvalue weighted by atomic mass is 10.3. The van der Waals surface area contributed by atoms with E-state index in [1.807, 2.05) is 0 Å². The van der Waals surface area contributed by atoms with Gasteiger partial charge in [-0.3, -0.25) is 0 Å². The molecule has 5 nitrogen and oxygen atoms in total. The predicted molar refractivity (Wildman–Crippen MR) is 62.5 cm³/mol. The summed E-state index contributed by atoms with van der Waals surface area (Å²) in [6.07, 6.45) is 0.644. The summed E-state index contributed by atoms with van der Waals surface area (Å²) < 4.78 is 30.7. The third-order valence-corrected chi connectivity index (χ3v) is 3.48. The fraction of sp³-hybridized carbons (Fsp3) is 0.400. The Kier molecular flexibility index (Phi) is 4.72. The molecule has 0 saturated heterocycles. The second-order valence-corrected chi connectivity index (χ2v) is 5.08. The highest BCUT2D eigenvalue weighted by molar-refractivity contribution is 7.89. The van der Waals surface area contributed by atoms with Crippen molar-refractivity contribution in [1.82, 2.24) is 4.72 Å². The monoisotopic (exact) mass is 244 g/mol. The smallest absolute Gasteiger partial charge is 0.240 e. The summed E-state index contributed by atoms with van der Waals surface area (Å²) in [5.74, 6) is 0. The molecular formula is C10H16N2O3S. The van der Waals surface area contributed by atoms with Gasteiger partial charge in [0.2, 0.25) is 10.0 Å². The van der Waals surface area contributed by atoms with E-state index in [9.17, 15) is 8.42 Å². The quantitative estimate of drug-likeness (QED) is 0.566. The average molecular weight is 244 g/mol. The maximum Gasteiger partial charge on any atom is 0.240 e. The molecular weight excluding hydrogens is 228 g/mol. The molecule has 0 fully saturated rings. The molecule has 0 aliphatic carbocycles. The average Bonchev–Trinajstić information content (AvgIpc) is 2.25. The molecule has 0 aliphatic heterocycles. The summed E-state index contributed by atoms with van der Waals surface area (Å²) >= 11 is 0. The number of hydrogen-bond donors (Lipinski definition) is 2. The number of nitrogens with two attached hydrogens (primary N) is 1. The van der Waals surface area contributed by atoms with Gasteiger partial charge in [-0.2, -0.15) is 0 Å². The number of hydrogen-bond acceptors (Lipinski definition) is 4. The molecule has 3 N–H and O–H groups in total. The van der Waals surface area contributed by atoms with Crippen LogP contribution in [0.3, 0.4) is 0 Å². The molecule has 1 aromatic carbocycles. The maximum atomic E-state index is 11.7. The molecule has 0 heterocycles. The number of nitrogen functional groups attached to an aromatic ring is 1. The molecule has 0 bridgehead atoms. The first-order valence-electron chi connectivity index (χ1n) is 4.90. The van der Waals surface area contributed by atoms with E-state index >= 15 is 0 Å². The molecule has 0 radical (unpaired) electrons. The van der Waals surface area contributed by atoms with Crippen molar-refractivity contribution in [3.05, 3.63) is 24.3 Å². The lowest BCUT2D eigenvalue weighted by Gasteiger charge is -2.06. The van der Waals surface area contributed by atoms with Crippen molar-refractivity contribution in [1.29, 1.82) is 0 Å². The van der Waals surface area contributed by atoms with Crippen LogP contribution in [0, 0.1) is 0 Å². The first kappa shape index (κ1) is 13.0. The van der Waals surface area contributed by atoms with Crippen molar-refractivity contribution < 1.29 is 13.2 Å². The Morgan fingerprint density at radius 3 is 2.50 bits per heavy atom. The SMILES string of the molecule is COCCCNS(=O)(=O)c1ccc(N)cc1. The Balaban J connectivity index is 2.60. The largest absolute Gasteiger partial charge is 0.399 e. The number of methoxy groups -OCH3 is 1. The minimum Gasteiger partial charge on any atom is -0.399 e. The van der Waals surface area contributed by atoms with E-state index in [2.05, 4.69) is 4.72 Å². The number of anilines is 1. The number of sulfonamides is 1. The van der Waals surface area contributed by atoms with E-state index < -0.39 is 10.0 Å². The van der Waals surface area contributed by atoms with Crippen molar-refractivity contribution in [3.63, 3.8) is 0 Å². The predicted octanol–water partition coefficient (Wildman–Crippen LogP) is 0.584. The van der Waals surface area contributed by atoms with Crippen LogP contribution in [0.5, 0.6) is 0 Å². The molecule has 0 amide bonds. The van der Waals surface area contributed by atoms with Crippen LogP contribution in [0.15, 0.2) is 29.2 Å². The van der Waals surface area contributed by atoms with Crippen LogP contribution in [0.1, 0.15) is 6.42 Å². The summed E-state index contributed by atoms with van der Waals surface area (Å²) in [5, 5.41) is 0. The lowest BCUT2D eigenvalue weighted by molar-refractivity contribution is 0.196. The van der Waals surface area contributed by atoms with Crippen molar-refractivity contribution in [2.45, 2.75) is 11.3 Å². The van der Waals surface area contributed by atoms with Gasteiger partial charge in [-0.25, -0.2) is 13.1 Å². The van der Waals surface area contributed by atoms with Gasteiger partial charge in [0.05, 0.1) is 4.90 Å². The zero-order valence-corrected chi connectivity index (χ0v) is 9.96. The first-order chi connectivity index (χ1) is 7.56. The van der Waals surface area contributed by atoms with Crippen LogP contribution in [-0.4, -0.2) is 28.7 Å². The summed E-state index contributed by atoms with van der Waals surface area (Å²) in [6.45, 7) is 0.894. The van der Waals surface area contributed by atoms with E-state index in [0.717, 1.165) is 0 Å². The molecule has 1 rings (SSSR count). The third kappa shape index (κ3) is 3.80. The molecule has 90 valence electrons. The Bertz CT molecular complexity index is 414. The van der Waals surface area contributed by atoms with Crippen molar-refractivity contribution in [3.8, 4) is 0 Å². The second kappa shape index (κ2) is 5.83. The highest BCUT2D eigenvalue weighted by Crippen LogP contribution is 2.11. The zero-order valence-electron chi connectivity index (χ0n) is 9.14. The topological polar surface area (TPSA) is 81.4 Å². The van der Waals surface area contributed by atoms with Gasteiger partial charge in [0.25, 0.3) is 0 Å². The molecule has 0 saturated carbocycles. The van der Waals surface area contributed by atoms with Gasteiger partial charge < -0.3 is 10.5 Å². The highest BCUT2D eigenvalue weighted by atomic mass is 32.2. The Labute approximate surface area is 95.7 Å². The van der Waals surface area contributed by atoms with Gasteiger partial charge in [-0.05, 0) is 30.7 Å². The normalized spacial score (nSPS) is 11.6. The molecule has 0 atom stereocenters. The van der Waals surface area contributed by atoms with Gasteiger partial charge in [0.15, 0.2) is 0 Å². The van der Waals surface area contributed by atoms with Crippen LogP contribution in [0.25, 0.3) is 0 Å². The third-order valence-electron chi connectivity index (χ3n) is 2.01. The highest BCUT2D eigenvalue weighted by Gasteiger charge is 2.12. The number of rotatable bonds is 6. The zero-order chi connectivity index (χ0) is 12.0. The van der Waals surface area contributed by atoms with Gasteiger partial charge in [0.1, 0.15) is 0 Å². The molecule has 0 aromatic heterocycles. The summed E-state index contributed by atoms with van der Waals surface area (Å²) in [5.41, 5.74) is 6.02. The summed E-state index contributed by atoms with van der Waals surface area (Å²) in [6, 6.07) is 6.08. The van der Waals surface area contributed by atoms with Crippen LogP contribution >= 0.6 is 0 Å². The van der Waals surface area contributed by atoms with Crippen LogP contribution in [-0.2, 0) is 14.8 Å². The lowest BCUT2D eigenvalue weighted by Crippen LogP contribution is -2.25. The first-order valence-corrected chi connectivity index (χ1v) is 6.39. The van der Waals surface area contributed by atoms with Gasteiger partial charge in [-0.15, -0.1) is 0 Å². The van der Waals surface area contributed by atoms with E-state index in [1.54, 1.807) is 19.2 Å². The van der Waals surface area contributed by atoms with Crippen LogP contribution < -0.4 is 10.5 Å². The molecule has 1 aromatic rings. The maximum absolute atomic E-state index is 11.7. The van der Waals surface area contributed by atoms with Crippen LogP contribution in [0.4, 0.5) is 5.69 Å². The van der Waals surface area contributed by atoms with Gasteiger partial charge >= 0.3 is 0 Å². The Morgan fingerprint density at radius 2 is 1.94 bits per heavy atom. The minimum atomic E-state index is -3.42. The van der Waals surface area contributed by atoms with Gasteiger partial charge in [-0.1, -0.05) is 0 Å². The molecule has 0 unspecified atom stereocenters. The number of benzene rings is 1. The van der Waals surface area contributed by atoms with Gasteiger partial charge in [0, 0.05) is 25.9 Å². The molecule has 6 heteroatoms. The van der Waals surface area contributed by atoms with Crippen molar-refractivity contribution in [2.24, 2.45) is 0 Å². The standard InChI is InChI=1S/C10H16N2O3S/c1-15-8-2-7-12-16(13,14)10-5-3-9(11)4-6-10/h3-6,12H,2,7-8,11H2,1H3. The molecule has 0 aliphatic rings. The number of nitrogens with one attached hydrogen (secondary N) is 1. The number of ether oxygens (including phenoxy) is 1. The van der Waals surface area contributed by atoms with Crippen LogP contribution in [0.2, 0.25) is 0 Å². The van der Waals surface area contributed by atoms with E-state index in [-0.39, 0.29) is 4.90 Å². The second-order valence-electron chi connectivity index (χ2n) is 3.31. The Morgan fingerprint density at radius 1 is 1.31 bits per heavy atom. The Hall–Kier alpha value is -1.11. The van der Waals surface area contributed by atoms with E-state index in [4.69, 9.17) is 10.5 Å². The van der Waals surface area contributed by atoms with E-state index in [1.165, 1.54) is 12.1 Å². The molecule has 0 spiro atoms. The van der Waals surface area contributed by atoms with Crippen molar-refractivity contribution >= 4 is 15.7 Å². The minimum absolute atomic E-state index is 0.221. The van der Waals surface area contributed by atoms with Crippen molar-refractivity contribution in [2.75, 3.05) is 26.0 Å².